The number of nitrogens with one attached hydrogen (secondary N) is 1. The molecule has 1 N–H and O–H groups in total. The maximum absolute atomic E-state index is 12.9. The molecule has 1 heterocycles. The van der Waals surface area contributed by atoms with Crippen molar-refractivity contribution in [1.29, 1.82) is 0 Å². The summed E-state index contributed by atoms with van der Waals surface area (Å²) >= 11 is 0. The first kappa shape index (κ1) is 18.1. The summed E-state index contributed by atoms with van der Waals surface area (Å²) in [5.74, 6) is 2.11. The largest absolute Gasteiger partial charge is 0.492 e. The van der Waals surface area contributed by atoms with E-state index in [9.17, 15) is 4.79 Å². The fourth-order valence-electron chi connectivity index (χ4n) is 3.14. The molecule has 1 aromatic rings. The fourth-order valence-corrected chi connectivity index (χ4v) is 3.14. The number of carbonyl (C=O) groups excluding carboxylic acids is 1. The van der Waals surface area contributed by atoms with E-state index in [-0.39, 0.29) is 18.3 Å². The summed E-state index contributed by atoms with van der Waals surface area (Å²) in [5.41, 5.74) is 0.716. The standard InChI is InChI=1S/C18H26N2O2.ClH/c1-19-11-15-5-4-10-20(12-15)18(21)16-6-2-3-7-17(16)22-13-14-8-9-14;/h2-3,6-7,14-15,19H,4-5,8-13H2,1H3;1H. The van der Waals surface area contributed by atoms with Crippen molar-refractivity contribution in [3.8, 4) is 5.75 Å². The van der Waals surface area contributed by atoms with Crippen molar-refractivity contribution >= 4 is 18.3 Å². The molecular formula is C18H27ClN2O2. The zero-order chi connectivity index (χ0) is 15.4. The number of carbonyl (C=O) groups is 1. The quantitative estimate of drug-likeness (QED) is 0.867. The van der Waals surface area contributed by atoms with Gasteiger partial charge < -0.3 is 15.0 Å². The molecule has 23 heavy (non-hydrogen) atoms. The molecule has 1 saturated carbocycles. The van der Waals surface area contributed by atoms with Crippen molar-refractivity contribution in [3.05, 3.63) is 29.8 Å². The van der Waals surface area contributed by atoms with Gasteiger partial charge in [0, 0.05) is 13.1 Å². The Morgan fingerprint density at radius 1 is 1.26 bits per heavy atom. The van der Waals surface area contributed by atoms with Gasteiger partial charge in [-0.25, -0.2) is 0 Å². The van der Waals surface area contributed by atoms with E-state index in [2.05, 4.69) is 5.32 Å². The number of piperidine rings is 1. The Kier molecular flexibility index (Phi) is 6.72. The second-order valence-electron chi connectivity index (χ2n) is 6.57. The van der Waals surface area contributed by atoms with Crippen LogP contribution in [0.2, 0.25) is 0 Å². The molecule has 2 fully saturated rings. The molecule has 1 aromatic carbocycles. The van der Waals surface area contributed by atoms with Gasteiger partial charge >= 0.3 is 0 Å². The number of nitrogens with zero attached hydrogens (tertiary/aromatic N) is 1. The number of rotatable bonds is 6. The summed E-state index contributed by atoms with van der Waals surface area (Å²) in [7, 11) is 1.97. The van der Waals surface area contributed by atoms with Crippen LogP contribution in [-0.2, 0) is 0 Å². The molecule has 0 radical (unpaired) electrons. The Bertz CT molecular complexity index is 517. The van der Waals surface area contributed by atoms with E-state index in [1.54, 1.807) is 0 Å². The number of ether oxygens (including phenoxy) is 1. The second kappa shape index (κ2) is 8.55. The lowest BCUT2D eigenvalue weighted by atomic mass is 9.97. The Hall–Kier alpha value is -1.26. The van der Waals surface area contributed by atoms with Crippen LogP contribution in [0.3, 0.4) is 0 Å². The third kappa shape index (κ3) is 4.85. The number of amides is 1. The van der Waals surface area contributed by atoms with Crippen LogP contribution in [0.5, 0.6) is 5.75 Å². The van der Waals surface area contributed by atoms with Gasteiger partial charge in [-0.2, -0.15) is 0 Å². The van der Waals surface area contributed by atoms with E-state index in [4.69, 9.17) is 4.74 Å². The van der Waals surface area contributed by atoms with Crippen LogP contribution in [0.25, 0.3) is 0 Å². The minimum absolute atomic E-state index is 0. The molecule has 3 rings (SSSR count). The summed E-state index contributed by atoms with van der Waals surface area (Å²) < 4.78 is 5.89. The maximum atomic E-state index is 12.9. The highest BCUT2D eigenvalue weighted by molar-refractivity contribution is 5.97. The number of likely N-dealkylation sites (tertiary alicyclic amines) is 1. The fraction of sp³-hybridized carbons (Fsp3) is 0.611. The highest BCUT2D eigenvalue weighted by Gasteiger charge is 2.27. The summed E-state index contributed by atoms with van der Waals surface area (Å²) in [5, 5.41) is 3.23. The molecular weight excluding hydrogens is 312 g/mol. The highest BCUT2D eigenvalue weighted by atomic mass is 35.5. The van der Waals surface area contributed by atoms with E-state index in [0.717, 1.165) is 38.4 Å². The van der Waals surface area contributed by atoms with E-state index in [0.29, 0.717) is 17.4 Å². The van der Waals surface area contributed by atoms with Gasteiger partial charge in [0.25, 0.3) is 5.91 Å². The van der Waals surface area contributed by atoms with Crippen LogP contribution in [0.15, 0.2) is 24.3 Å². The number of benzene rings is 1. The lowest BCUT2D eigenvalue weighted by Crippen LogP contribution is -2.42. The van der Waals surface area contributed by atoms with Crippen LogP contribution >= 0.6 is 12.4 Å². The van der Waals surface area contributed by atoms with Crippen molar-refractivity contribution in [2.24, 2.45) is 11.8 Å². The molecule has 4 nitrogen and oxygen atoms in total. The highest BCUT2D eigenvalue weighted by Crippen LogP contribution is 2.31. The first-order valence-corrected chi connectivity index (χ1v) is 8.43. The molecule has 1 atom stereocenters. The smallest absolute Gasteiger partial charge is 0.257 e. The lowest BCUT2D eigenvalue weighted by molar-refractivity contribution is 0.0669. The van der Waals surface area contributed by atoms with Gasteiger partial charge in [0.05, 0.1) is 12.2 Å². The maximum Gasteiger partial charge on any atom is 0.257 e. The third-order valence-electron chi connectivity index (χ3n) is 4.59. The van der Waals surface area contributed by atoms with Gasteiger partial charge in [-0.3, -0.25) is 4.79 Å². The summed E-state index contributed by atoms with van der Waals surface area (Å²) in [6.07, 6.45) is 4.80. The Morgan fingerprint density at radius 3 is 2.78 bits per heavy atom. The van der Waals surface area contributed by atoms with Gasteiger partial charge in [-0.1, -0.05) is 12.1 Å². The summed E-state index contributed by atoms with van der Waals surface area (Å²) in [6, 6.07) is 7.68. The van der Waals surface area contributed by atoms with E-state index >= 15 is 0 Å². The zero-order valence-electron chi connectivity index (χ0n) is 13.8. The third-order valence-corrected chi connectivity index (χ3v) is 4.59. The van der Waals surface area contributed by atoms with E-state index in [1.165, 1.54) is 19.3 Å². The SMILES string of the molecule is CNCC1CCCN(C(=O)c2ccccc2OCC2CC2)C1.Cl. The topological polar surface area (TPSA) is 41.6 Å². The zero-order valence-corrected chi connectivity index (χ0v) is 14.6. The normalized spacial score (nSPS) is 20.7. The van der Waals surface area contributed by atoms with Gasteiger partial charge in [0.2, 0.25) is 0 Å². The number of hydrogen-bond donors (Lipinski definition) is 1. The number of halogens is 1. The summed E-state index contributed by atoms with van der Waals surface area (Å²) in [6.45, 7) is 3.42. The average Bonchev–Trinajstić information content (AvgIpc) is 3.37. The Labute approximate surface area is 145 Å². The van der Waals surface area contributed by atoms with Crippen molar-refractivity contribution < 1.29 is 9.53 Å². The molecule has 0 bridgehead atoms. The molecule has 5 heteroatoms. The van der Waals surface area contributed by atoms with Crippen molar-refractivity contribution in [2.45, 2.75) is 25.7 Å². The Morgan fingerprint density at radius 2 is 2.04 bits per heavy atom. The molecule has 128 valence electrons. The molecule has 1 aliphatic carbocycles. The predicted molar refractivity (Wildman–Crippen MR) is 94.5 cm³/mol. The molecule has 1 unspecified atom stereocenters. The minimum Gasteiger partial charge on any atom is -0.492 e. The summed E-state index contributed by atoms with van der Waals surface area (Å²) in [4.78, 5) is 14.8. The van der Waals surface area contributed by atoms with Crippen LogP contribution in [0.4, 0.5) is 0 Å². The second-order valence-corrected chi connectivity index (χ2v) is 6.57. The number of hydrogen-bond acceptors (Lipinski definition) is 3. The van der Waals surface area contributed by atoms with Crippen LogP contribution < -0.4 is 10.1 Å². The first-order valence-electron chi connectivity index (χ1n) is 8.43. The van der Waals surface area contributed by atoms with E-state index in [1.807, 2.05) is 36.2 Å². The first-order chi connectivity index (χ1) is 10.8. The van der Waals surface area contributed by atoms with Crippen LogP contribution in [-0.4, -0.2) is 44.1 Å². The molecule has 1 amide bonds. The van der Waals surface area contributed by atoms with Crippen LogP contribution in [0.1, 0.15) is 36.0 Å². The average molecular weight is 339 g/mol. The molecule has 0 spiro atoms. The van der Waals surface area contributed by atoms with E-state index < -0.39 is 0 Å². The Balaban J connectivity index is 0.00000192. The molecule has 1 aliphatic heterocycles. The molecule has 2 aliphatic rings. The van der Waals surface area contributed by atoms with Crippen molar-refractivity contribution in [3.63, 3.8) is 0 Å². The van der Waals surface area contributed by atoms with Gasteiger partial charge in [-0.15, -0.1) is 12.4 Å². The minimum atomic E-state index is 0. The number of para-hydroxylation sites is 1. The monoisotopic (exact) mass is 338 g/mol. The van der Waals surface area contributed by atoms with Crippen molar-refractivity contribution in [1.82, 2.24) is 10.2 Å². The van der Waals surface area contributed by atoms with Gasteiger partial charge in [0.15, 0.2) is 0 Å². The van der Waals surface area contributed by atoms with Gasteiger partial charge in [-0.05, 0) is 63.2 Å². The molecule has 0 aromatic heterocycles. The molecule has 1 saturated heterocycles. The predicted octanol–water partition coefficient (Wildman–Crippen LogP) is 2.97. The van der Waals surface area contributed by atoms with Crippen molar-refractivity contribution in [2.75, 3.05) is 33.3 Å². The van der Waals surface area contributed by atoms with Crippen LogP contribution in [0, 0.1) is 11.8 Å². The van der Waals surface area contributed by atoms with Gasteiger partial charge in [0.1, 0.15) is 5.75 Å². The lowest BCUT2D eigenvalue weighted by Gasteiger charge is -2.33.